The van der Waals surface area contributed by atoms with Crippen molar-refractivity contribution in [2.75, 3.05) is 16.4 Å². The van der Waals surface area contributed by atoms with E-state index in [9.17, 15) is 9.59 Å². The second-order valence-corrected chi connectivity index (χ2v) is 8.07. The van der Waals surface area contributed by atoms with E-state index in [0.29, 0.717) is 11.3 Å². The Morgan fingerprint density at radius 1 is 0.929 bits per heavy atom. The SMILES string of the molecule is Cc1cccc(C(=O)Nc2cccc(SCC(=O)Nc3ccccc3Br)c2)c1. The van der Waals surface area contributed by atoms with Gasteiger partial charge in [0.05, 0.1) is 11.4 Å². The summed E-state index contributed by atoms with van der Waals surface area (Å²) < 4.78 is 0.842. The average molecular weight is 455 g/mol. The summed E-state index contributed by atoms with van der Waals surface area (Å²) in [6, 6.07) is 22.4. The molecule has 2 amide bonds. The molecule has 3 rings (SSSR count). The van der Waals surface area contributed by atoms with Crippen LogP contribution in [-0.2, 0) is 4.79 Å². The third-order valence-corrected chi connectivity index (χ3v) is 5.58. The van der Waals surface area contributed by atoms with Gasteiger partial charge in [-0.25, -0.2) is 0 Å². The zero-order valence-corrected chi connectivity index (χ0v) is 17.6. The molecule has 0 spiro atoms. The Hall–Kier alpha value is -2.57. The number of carbonyl (C=O) groups is 2. The molecule has 0 radical (unpaired) electrons. The van der Waals surface area contributed by atoms with Gasteiger partial charge in [-0.15, -0.1) is 11.8 Å². The van der Waals surface area contributed by atoms with E-state index >= 15 is 0 Å². The van der Waals surface area contributed by atoms with E-state index in [2.05, 4.69) is 26.6 Å². The average Bonchev–Trinajstić information content (AvgIpc) is 2.68. The van der Waals surface area contributed by atoms with Crippen molar-refractivity contribution in [3.05, 3.63) is 88.4 Å². The highest BCUT2D eigenvalue weighted by Crippen LogP contribution is 2.24. The molecule has 0 atom stereocenters. The topological polar surface area (TPSA) is 58.2 Å². The third-order valence-electron chi connectivity index (χ3n) is 3.89. The summed E-state index contributed by atoms with van der Waals surface area (Å²) in [6.45, 7) is 1.95. The highest BCUT2D eigenvalue weighted by Gasteiger charge is 2.09. The quantitative estimate of drug-likeness (QED) is 0.466. The number of nitrogens with one attached hydrogen (secondary N) is 2. The number of para-hydroxylation sites is 1. The van der Waals surface area contributed by atoms with Crippen molar-refractivity contribution in [3.8, 4) is 0 Å². The lowest BCUT2D eigenvalue weighted by atomic mass is 10.1. The lowest BCUT2D eigenvalue weighted by molar-refractivity contribution is -0.113. The van der Waals surface area contributed by atoms with Crippen LogP contribution in [0.1, 0.15) is 15.9 Å². The van der Waals surface area contributed by atoms with E-state index in [-0.39, 0.29) is 17.6 Å². The van der Waals surface area contributed by atoms with E-state index < -0.39 is 0 Å². The zero-order valence-electron chi connectivity index (χ0n) is 15.2. The lowest BCUT2D eigenvalue weighted by Gasteiger charge is -2.09. The van der Waals surface area contributed by atoms with E-state index in [4.69, 9.17) is 0 Å². The van der Waals surface area contributed by atoms with Gasteiger partial charge in [0.1, 0.15) is 0 Å². The number of carbonyl (C=O) groups excluding carboxylic acids is 2. The maximum atomic E-state index is 12.4. The molecular weight excluding hydrogens is 436 g/mol. The van der Waals surface area contributed by atoms with Crippen molar-refractivity contribution in [3.63, 3.8) is 0 Å². The van der Waals surface area contributed by atoms with Crippen molar-refractivity contribution >= 4 is 50.9 Å². The summed E-state index contributed by atoms with van der Waals surface area (Å²) in [5.41, 5.74) is 3.09. The van der Waals surface area contributed by atoms with Crippen LogP contribution in [0.3, 0.4) is 0 Å². The molecule has 4 nitrogen and oxygen atoms in total. The van der Waals surface area contributed by atoms with Crippen molar-refractivity contribution in [1.82, 2.24) is 0 Å². The number of anilines is 2. The van der Waals surface area contributed by atoms with Crippen LogP contribution in [0.2, 0.25) is 0 Å². The lowest BCUT2D eigenvalue weighted by Crippen LogP contribution is -2.14. The van der Waals surface area contributed by atoms with Gasteiger partial charge in [0.25, 0.3) is 5.91 Å². The highest BCUT2D eigenvalue weighted by molar-refractivity contribution is 9.10. The second kappa shape index (κ2) is 9.57. The molecule has 0 saturated heterocycles. The molecule has 142 valence electrons. The molecule has 0 aliphatic heterocycles. The van der Waals surface area contributed by atoms with Crippen molar-refractivity contribution in [2.24, 2.45) is 0 Å². The van der Waals surface area contributed by atoms with Gasteiger partial charge >= 0.3 is 0 Å². The fourth-order valence-electron chi connectivity index (χ4n) is 2.55. The Kier molecular flexibility index (Phi) is 6.90. The van der Waals surface area contributed by atoms with Crippen LogP contribution in [0.15, 0.2) is 82.2 Å². The van der Waals surface area contributed by atoms with E-state index in [1.807, 2.05) is 73.7 Å². The molecule has 3 aromatic rings. The molecule has 0 aliphatic rings. The summed E-state index contributed by atoms with van der Waals surface area (Å²) >= 11 is 4.83. The fourth-order valence-corrected chi connectivity index (χ4v) is 3.69. The van der Waals surface area contributed by atoms with Crippen LogP contribution < -0.4 is 10.6 Å². The zero-order chi connectivity index (χ0) is 19.9. The minimum atomic E-state index is -0.155. The van der Waals surface area contributed by atoms with Gasteiger partial charge in [0.15, 0.2) is 0 Å². The Morgan fingerprint density at radius 3 is 2.50 bits per heavy atom. The van der Waals surface area contributed by atoms with Crippen LogP contribution in [0.25, 0.3) is 0 Å². The molecular formula is C22H19BrN2O2S. The number of thioether (sulfide) groups is 1. The maximum Gasteiger partial charge on any atom is 0.255 e. The largest absolute Gasteiger partial charge is 0.324 e. The molecule has 6 heteroatoms. The van der Waals surface area contributed by atoms with Gasteiger partial charge in [-0.1, -0.05) is 35.9 Å². The smallest absolute Gasteiger partial charge is 0.255 e. The summed E-state index contributed by atoms with van der Waals surface area (Å²) in [4.78, 5) is 25.5. The van der Waals surface area contributed by atoms with Crippen LogP contribution in [-0.4, -0.2) is 17.6 Å². The Labute approximate surface area is 176 Å². The summed E-state index contributed by atoms with van der Waals surface area (Å²) in [6.07, 6.45) is 0. The second-order valence-electron chi connectivity index (χ2n) is 6.17. The minimum absolute atomic E-state index is 0.0916. The third kappa shape index (κ3) is 5.71. The Bertz CT molecular complexity index is 1010. The first-order valence-electron chi connectivity index (χ1n) is 8.66. The summed E-state index contributed by atoms with van der Waals surface area (Å²) in [5, 5.41) is 5.78. The predicted molar refractivity (Wildman–Crippen MR) is 119 cm³/mol. The Balaban J connectivity index is 1.58. The number of rotatable bonds is 6. The van der Waals surface area contributed by atoms with Crippen molar-refractivity contribution in [2.45, 2.75) is 11.8 Å². The van der Waals surface area contributed by atoms with Gasteiger partial charge in [0, 0.05) is 20.6 Å². The molecule has 0 aliphatic carbocycles. The molecule has 0 fully saturated rings. The number of benzene rings is 3. The molecule has 0 unspecified atom stereocenters. The number of aryl methyl sites for hydroxylation is 1. The molecule has 0 heterocycles. The van der Waals surface area contributed by atoms with Crippen molar-refractivity contribution < 1.29 is 9.59 Å². The Morgan fingerprint density at radius 2 is 1.71 bits per heavy atom. The molecule has 2 N–H and O–H groups in total. The first-order valence-corrected chi connectivity index (χ1v) is 10.4. The number of amides is 2. The van der Waals surface area contributed by atoms with E-state index in [0.717, 1.165) is 20.6 Å². The first kappa shape index (κ1) is 20.2. The van der Waals surface area contributed by atoms with Crippen LogP contribution in [0, 0.1) is 6.92 Å². The fraction of sp³-hybridized carbons (Fsp3) is 0.0909. The van der Waals surface area contributed by atoms with Gasteiger partial charge < -0.3 is 10.6 Å². The van der Waals surface area contributed by atoms with Gasteiger partial charge in [-0.2, -0.15) is 0 Å². The van der Waals surface area contributed by atoms with Crippen LogP contribution >= 0.6 is 27.7 Å². The molecule has 0 aromatic heterocycles. The monoisotopic (exact) mass is 454 g/mol. The first-order chi connectivity index (χ1) is 13.5. The van der Waals surface area contributed by atoms with Crippen molar-refractivity contribution in [1.29, 1.82) is 0 Å². The number of hydrogen-bond acceptors (Lipinski definition) is 3. The standard InChI is InChI=1S/C22H19BrN2O2S/c1-15-6-4-7-16(12-15)22(27)24-17-8-5-9-18(13-17)28-14-21(26)25-20-11-3-2-10-19(20)23/h2-13H,14H2,1H3,(H,24,27)(H,25,26). The summed E-state index contributed by atoms with van der Waals surface area (Å²) in [7, 11) is 0. The molecule has 3 aromatic carbocycles. The van der Waals surface area contributed by atoms with Crippen LogP contribution in [0.4, 0.5) is 11.4 Å². The predicted octanol–water partition coefficient (Wildman–Crippen LogP) is 5.74. The number of halogens is 1. The highest BCUT2D eigenvalue weighted by atomic mass is 79.9. The molecule has 28 heavy (non-hydrogen) atoms. The van der Waals surface area contributed by atoms with Gasteiger partial charge in [0.2, 0.25) is 5.91 Å². The maximum absolute atomic E-state index is 12.4. The molecule has 0 bridgehead atoms. The van der Waals surface area contributed by atoms with E-state index in [1.165, 1.54) is 11.8 Å². The van der Waals surface area contributed by atoms with E-state index in [1.54, 1.807) is 6.07 Å². The van der Waals surface area contributed by atoms with Crippen LogP contribution in [0.5, 0.6) is 0 Å². The molecule has 0 saturated carbocycles. The minimum Gasteiger partial charge on any atom is -0.324 e. The normalized spacial score (nSPS) is 10.4. The van der Waals surface area contributed by atoms with Gasteiger partial charge in [-0.05, 0) is 65.3 Å². The van der Waals surface area contributed by atoms with Gasteiger partial charge in [-0.3, -0.25) is 9.59 Å². The summed E-state index contributed by atoms with van der Waals surface area (Å²) in [5.74, 6) is 0.0278. The number of hydrogen-bond donors (Lipinski definition) is 2.